The molecule has 1 amide bonds. The number of carbonyl (C=O) groups excluding carboxylic acids is 2. The lowest BCUT2D eigenvalue weighted by atomic mass is 9.80. The van der Waals surface area contributed by atoms with Crippen LogP contribution in [-0.4, -0.2) is 52.5 Å². The van der Waals surface area contributed by atoms with Crippen LogP contribution in [0.1, 0.15) is 98.4 Å². The van der Waals surface area contributed by atoms with Crippen molar-refractivity contribution in [1.82, 2.24) is 14.3 Å². The summed E-state index contributed by atoms with van der Waals surface area (Å²) >= 11 is 0. The Balaban J connectivity index is 1.98. The lowest BCUT2D eigenvalue weighted by molar-refractivity contribution is -0.153. The van der Waals surface area contributed by atoms with Gasteiger partial charge in [-0.25, -0.2) is 18.2 Å². The number of benzene rings is 1. The Morgan fingerprint density at radius 3 is 2.00 bits per heavy atom. The van der Waals surface area contributed by atoms with Crippen molar-refractivity contribution >= 4 is 27.9 Å². The van der Waals surface area contributed by atoms with Crippen LogP contribution >= 0.6 is 0 Å². The number of esters is 1. The highest BCUT2D eigenvalue weighted by Gasteiger charge is 2.30. The summed E-state index contributed by atoms with van der Waals surface area (Å²) in [4.78, 5) is 35.9. The fourth-order valence-electron chi connectivity index (χ4n) is 4.86. The van der Waals surface area contributed by atoms with Crippen LogP contribution in [0.5, 0.6) is 0 Å². The Labute approximate surface area is 280 Å². The molecule has 3 aromatic rings. The van der Waals surface area contributed by atoms with Gasteiger partial charge in [0.15, 0.2) is 0 Å². The molecule has 0 spiro atoms. The molecule has 0 saturated heterocycles. The largest absolute Gasteiger partial charge is 0.459 e. The van der Waals surface area contributed by atoms with Crippen LogP contribution < -0.4 is 4.90 Å². The van der Waals surface area contributed by atoms with E-state index < -0.39 is 39.8 Å². The van der Waals surface area contributed by atoms with E-state index in [1.54, 1.807) is 59.7 Å². The zero-order chi connectivity index (χ0) is 35.0. The third kappa shape index (κ3) is 11.4. The Hall–Kier alpha value is -3.83. The molecular weight excluding hydrogens is 616 g/mol. The zero-order valence-corrected chi connectivity index (χ0v) is 30.1. The molecule has 256 valence electrons. The van der Waals surface area contributed by atoms with Crippen LogP contribution in [0.25, 0.3) is 0 Å². The first-order chi connectivity index (χ1) is 21.8. The van der Waals surface area contributed by atoms with Crippen molar-refractivity contribution in [2.45, 2.75) is 116 Å². The molecule has 0 unspecified atom stereocenters. The Kier molecular flexibility index (Phi) is 12.3. The number of pyridine rings is 2. The summed E-state index contributed by atoms with van der Waals surface area (Å²) in [5.74, 6) is -0.513. The van der Waals surface area contributed by atoms with Gasteiger partial charge in [0.05, 0.1) is 17.1 Å². The van der Waals surface area contributed by atoms with Crippen LogP contribution in [-0.2, 0) is 42.8 Å². The van der Waals surface area contributed by atoms with Gasteiger partial charge in [0.25, 0.3) is 0 Å². The monoisotopic (exact) mass is 666 g/mol. The highest BCUT2D eigenvalue weighted by atomic mass is 32.2. The molecule has 0 aliphatic carbocycles. The number of anilines is 1. The van der Waals surface area contributed by atoms with Crippen LogP contribution in [0, 0.1) is 0 Å². The number of sulfonamides is 1. The lowest BCUT2D eigenvalue weighted by Gasteiger charge is -2.28. The fraction of sp³-hybridized carbons (Fsp3) is 0.500. The van der Waals surface area contributed by atoms with Crippen LogP contribution in [0.4, 0.5) is 10.6 Å². The Morgan fingerprint density at radius 2 is 1.43 bits per heavy atom. The molecule has 0 bridgehead atoms. The van der Waals surface area contributed by atoms with Crippen molar-refractivity contribution in [2.24, 2.45) is 0 Å². The summed E-state index contributed by atoms with van der Waals surface area (Å²) in [6, 6.07) is 15.9. The molecule has 10 nitrogen and oxygen atoms in total. The minimum atomic E-state index is -3.99. The molecule has 1 aromatic carbocycles. The van der Waals surface area contributed by atoms with Crippen LogP contribution in [0.15, 0.2) is 71.9 Å². The average molecular weight is 667 g/mol. The van der Waals surface area contributed by atoms with Crippen LogP contribution in [0.2, 0.25) is 0 Å². The van der Waals surface area contributed by atoms with Crippen molar-refractivity contribution in [3.8, 4) is 0 Å². The molecule has 2 aromatic heterocycles. The molecule has 47 heavy (non-hydrogen) atoms. The second kappa shape index (κ2) is 15.4. The SMILES string of the molecule is CCCCC(C)(C)c1ccc(CN(Cc2cccc(N(CC(=O)OC(C)(C)C)C(=O)OC(C)(C)C)n2)S(=O)(=O)c2ccncc2)cc1. The number of amides is 1. The predicted octanol–water partition coefficient (Wildman–Crippen LogP) is 7.42. The third-order valence-corrected chi connectivity index (χ3v) is 9.07. The molecule has 0 aliphatic rings. The van der Waals surface area contributed by atoms with Gasteiger partial charge in [-0.3, -0.25) is 14.7 Å². The summed E-state index contributed by atoms with van der Waals surface area (Å²) < 4.78 is 40.3. The van der Waals surface area contributed by atoms with E-state index in [0.717, 1.165) is 29.7 Å². The quantitative estimate of drug-likeness (QED) is 0.173. The number of hydrogen-bond donors (Lipinski definition) is 0. The number of rotatable bonds is 13. The van der Waals surface area contributed by atoms with Crippen molar-refractivity contribution in [2.75, 3.05) is 11.4 Å². The fourth-order valence-corrected chi connectivity index (χ4v) is 6.24. The molecule has 3 rings (SSSR count). The number of aromatic nitrogens is 2. The van der Waals surface area contributed by atoms with Crippen molar-refractivity contribution in [3.63, 3.8) is 0 Å². The van der Waals surface area contributed by atoms with E-state index in [9.17, 15) is 18.0 Å². The smallest absolute Gasteiger partial charge is 0.416 e. The molecule has 0 N–H and O–H groups in total. The molecule has 11 heteroatoms. The first-order valence-corrected chi connectivity index (χ1v) is 17.4. The molecule has 0 fully saturated rings. The van der Waals surface area contributed by atoms with Gasteiger partial charge in [0.1, 0.15) is 23.6 Å². The van der Waals surface area contributed by atoms with Crippen LogP contribution in [0.3, 0.4) is 0 Å². The van der Waals surface area contributed by atoms with E-state index in [4.69, 9.17) is 9.47 Å². The van der Waals surface area contributed by atoms with Gasteiger partial charge >= 0.3 is 12.1 Å². The minimum absolute atomic E-state index is 0.00101. The summed E-state index contributed by atoms with van der Waals surface area (Å²) in [7, 11) is -3.99. The van der Waals surface area contributed by atoms with E-state index >= 15 is 0 Å². The highest BCUT2D eigenvalue weighted by molar-refractivity contribution is 7.89. The van der Waals surface area contributed by atoms with E-state index in [2.05, 4.69) is 42.9 Å². The molecule has 0 atom stereocenters. The number of carbonyl (C=O) groups is 2. The second-order valence-corrected chi connectivity index (χ2v) is 16.2. The maximum absolute atomic E-state index is 14.0. The van der Waals surface area contributed by atoms with Crippen molar-refractivity contribution in [1.29, 1.82) is 0 Å². The summed E-state index contributed by atoms with van der Waals surface area (Å²) in [5, 5.41) is 0. The van der Waals surface area contributed by atoms with E-state index in [1.165, 1.54) is 34.4 Å². The van der Waals surface area contributed by atoms with Gasteiger partial charge in [0.2, 0.25) is 10.0 Å². The Morgan fingerprint density at radius 1 is 0.809 bits per heavy atom. The van der Waals surface area contributed by atoms with E-state index in [0.29, 0.717) is 5.69 Å². The average Bonchev–Trinajstić information content (AvgIpc) is 2.97. The first kappa shape index (κ1) is 37.6. The summed E-state index contributed by atoms with van der Waals surface area (Å²) in [6.45, 7) is 16.5. The number of hydrogen-bond acceptors (Lipinski definition) is 8. The zero-order valence-electron chi connectivity index (χ0n) is 29.2. The molecule has 0 aliphatic heterocycles. The van der Waals surface area contributed by atoms with Crippen molar-refractivity contribution in [3.05, 3.63) is 83.8 Å². The van der Waals surface area contributed by atoms with Crippen molar-refractivity contribution < 1.29 is 27.5 Å². The Bertz CT molecular complexity index is 1590. The van der Waals surface area contributed by atoms with Gasteiger partial charge in [0, 0.05) is 18.9 Å². The first-order valence-electron chi connectivity index (χ1n) is 16.0. The summed E-state index contributed by atoms with van der Waals surface area (Å²) in [6.07, 6.45) is 5.40. The topological polar surface area (TPSA) is 119 Å². The lowest BCUT2D eigenvalue weighted by Crippen LogP contribution is -2.42. The van der Waals surface area contributed by atoms with E-state index in [-0.39, 0.29) is 29.2 Å². The van der Waals surface area contributed by atoms with Gasteiger partial charge < -0.3 is 9.47 Å². The number of unbranched alkanes of at least 4 members (excludes halogenated alkanes) is 1. The standard InChI is InChI=1S/C36H50N4O6S/c1-10-11-21-36(8,9)28-17-15-27(16-18-28)24-39(47(43,44)30-19-22-37-23-20-30)25-29-13-12-14-31(38-29)40(33(42)46-35(5,6)7)26-32(41)45-34(2,3)4/h12-20,22-23H,10-11,21,24-26H2,1-9H3. The minimum Gasteiger partial charge on any atom is -0.459 e. The normalized spacial score (nSPS) is 12.6. The van der Waals surface area contributed by atoms with E-state index in [1.807, 2.05) is 12.1 Å². The van der Waals surface area contributed by atoms with Gasteiger partial charge in [-0.05, 0) is 88.8 Å². The predicted molar refractivity (Wildman–Crippen MR) is 183 cm³/mol. The molecule has 0 radical (unpaired) electrons. The molecule has 0 saturated carbocycles. The number of nitrogens with zero attached hydrogens (tertiary/aromatic N) is 4. The van der Waals surface area contributed by atoms with Gasteiger partial charge in [-0.1, -0.05) is 63.9 Å². The second-order valence-electron chi connectivity index (χ2n) is 14.3. The highest BCUT2D eigenvalue weighted by Crippen LogP contribution is 2.30. The maximum Gasteiger partial charge on any atom is 0.416 e. The van der Waals surface area contributed by atoms with Gasteiger partial charge in [-0.15, -0.1) is 0 Å². The molecular formula is C36H50N4O6S. The maximum atomic E-state index is 14.0. The summed E-state index contributed by atoms with van der Waals surface area (Å²) in [5.41, 5.74) is 0.777. The number of ether oxygens (including phenoxy) is 2. The third-order valence-electron chi connectivity index (χ3n) is 7.27. The van der Waals surface area contributed by atoms with Gasteiger partial charge in [-0.2, -0.15) is 4.31 Å². The molecule has 2 heterocycles.